The lowest BCUT2D eigenvalue weighted by molar-refractivity contribution is -0.131. The van der Waals surface area contributed by atoms with Crippen LogP contribution in [0.15, 0.2) is 24.3 Å². The maximum Gasteiger partial charge on any atom is 0.407 e. The Bertz CT molecular complexity index is 552. The van der Waals surface area contributed by atoms with Crippen molar-refractivity contribution in [2.45, 2.75) is 52.7 Å². The zero-order valence-corrected chi connectivity index (χ0v) is 15.0. The number of carbonyl (C=O) groups excluding carboxylic acids is 2. The summed E-state index contributed by atoms with van der Waals surface area (Å²) in [4.78, 5) is 25.6. The summed E-state index contributed by atoms with van der Waals surface area (Å²) in [5.74, 6) is 0.106. The zero-order chi connectivity index (χ0) is 18.2. The molecule has 0 radical (unpaired) electrons. The molecular formula is C18H28N2O4. The van der Waals surface area contributed by atoms with Gasteiger partial charge in [0.05, 0.1) is 0 Å². The molecule has 6 nitrogen and oxygen atoms in total. The first-order valence-corrected chi connectivity index (χ1v) is 8.24. The first-order chi connectivity index (χ1) is 11.2. The molecular weight excluding hydrogens is 308 g/mol. The highest BCUT2D eigenvalue weighted by Crippen LogP contribution is 2.18. The topological polar surface area (TPSA) is 78.9 Å². The third-order valence-corrected chi connectivity index (χ3v) is 3.21. The first kappa shape index (κ1) is 19.8. The van der Waals surface area contributed by atoms with Crippen LogP contribution in [-0.4, -0.2) is 40.7 Å². The van der Waals surface area contributed by atoms with Gasteiger partial charge in [0, 0.05) is 31.6 Å². The Morgan fingerprint density at radius 3 is 2.50 bits per heavy atom. The standard InChI is InChI=1S/C18H28N2O4/c1-5-12-20(13-14-8-6-7-9-15(14)21)16(22)10-11-19-17(23)24-18(2,3)4/h6-9,21H,5,10-13H2,1-4H3,(H,19,23). The van der Waals surface area contributed by atoms with Crippen molar-refractivity contribution in [1.82, 2.24) is 10.2 Å². The van der Waals surface area contributed by atoms with E-state index in [0.717, 1.165) is 6.42 Å². The van der Waals surface area contributed by atoms with Gasteiger partial charge in [-0.15, -0.1) is 0 Å². The first-order valence-electron chi connectivity index (χ1n) is 8.24. The van der Waals surface area contributed by atoms with E-state index in [9.17, 15) is 14.7 Å². The van der Waals surface area contributed by atoms with Crippen LogP contribution in [0.4, 0.5) is 4.79 Å². The summed E-state index contributed by atoms with van der Waals surface area (Å²) in [7, 11) is 0. The van der Waals surface area contributed by atoms with Gasteiger partial charge in [-0.2, -0.15) is 0 Å². The van der Waals surface area contributed by atoms with Gasteiger partial charge in [0.15, 0.2) is 0 Å². The Balaban J connectivity index is 2.52. The van der Waals surface area contributed by atoms with Crippen molar-refractivity contribution in [2.24, 2.45) is 0 Å². The molecule has 0 spiro atoms. The van der Waals surface area contributed by atoms with Crippen molar-refractivity contribution in [2.75, 3.05) is 13.1 Å². The van der Waals surface area contributed by atoms with E-state index in [2.05, 4.69) is 5.32 Å². The molecule has 2 N–H and O–H groups in total. The summed E-state index contributed by atoms with van der Waals surface area (Å²) in [6.45, 7) is 8.51. The van der Waals surface area contributed by atoms with Gasteiger partial charge in [0.25, 0.3) is 0 Å². The van der Waals surface area contributed by atoms with Gasteiger partial charge in [0.2, 0.25) is 5.91 Å². The second kappa shape index (κ2) is 9.15. The van der Waals surface area contributed by atoms with Crippen LogP contribution in [0.25, 0.3) is 0 Å². The summed E-state index contributed by atoms with van der Waals surface area (Å²) < 4.78 is 5.13. The van der Waals surface area contributed by atoms with E-state index in [4.69, 9.17) is 4.74 Å². The number of amides is 2. The highest BCUT2D eigenvalue weighted by Gasteiger charge is 2.18. The number of benzene rings is 1. The molecule has 0 aromatic heterocycles. The zero-order valence-electron chi connectivity index (χ0n) is 15.0. The Kier molecular flexibility index (Phi) is 7.55. The number of aromatic hydroxyl groups is 1. The molecule has 0 aliphatic rings. The summed E-state index contributed by atoms with van der Waals surface area (Å²) in [6, 6.07) is 6.97. The Hall–Kier alpha value is -2.24. The van der Waals surface area contributed by atoms with Gasteiger partial charge in [-0.3, -0.25) is 4.79 Å². The van der Waals surface area contributed by atoms with E-state index in [-0.39, 0.29) is 24.6 Å². The van der Waals surface area contributed by atoms with E-state index in [1.165, 1.54) is 0 Å². The van der Waals surface area contributed by atoms with Crippen molar-refractivity contribution in [3.05, 3.63) is 29.8 Å². The van der Waals surface area contributed by atoms with E-state index < -0.39 is 11.7 Å². The lowest BCUT2D eigenvalue weighted by Gasteiger charge is -2.23. The quantitative estimate of drug-likeness (QED) is 0.802. The van der Waals surface area contributed by atoms with Crippen LogP contribution in [0, 0.1) is 0 Å². The Morgan fingerprint density at radius 1 is 1.25 bits per heavy atom. The number of nitrogens with one attached hydrogen (secondary N) is 1. The molecule has 0 bridgehead atoms. The molecule has 2 amide bonds. The maximum absolute atomic E-state index is 12.4. The molecule has 0 atom stereocenters. The normalized spacial score (nSPS) is 11.0. The number of carbonyl (C=O) groups is 2. The average Bonchev–Trinajstić information content (AvgIpc) is 2.47. The van der Waals surface area contributed by atoms with Crippen LogP contribution >= 0.6 is 0 Å². The van der Waals surface area contributed by atoms with Crippen molar-refractivity contribution in [1.29, 1.82) is 0 Å². The van der Waals surface area contributed by atoms with Gasteiger partial charge in [0.1, 0.15) is 11.4 Å². The summed E-state index contributed by atoms with van der Waals surface area (Å²) in [5, 5.41) is 12.4. The predicted molar refractivity (Wildman–Crippen MR) is 92.7 cm³/mol. The van der Waals surface area contributed by atoms with Gasteiger partial charge in [-0.25, -0.2) is 4.79 Å². The van der Waals surface area contributed by atoms with Crippen molar-refractivity contribution in [3.8, 4) is 5.75 Å². The molecule has 0 aliphatic heterocycles. The fraction of sp³-hybridized carbons (Fsp3) is 0.556. The molecule has 0 unspecified atom stereocenters. The predicted octanol–water partition coefficient (Wildman–Crippen LogP) is 3.05. The number of rotatable bonds is 7. The summed E-state index contributed by atoms with van der Waals surface area (Å²) >= 11 is 0. The van der Waals surface area contributed by atoms with Gasteiger partial charge >= 0.3 is 6.09 Å². The second-order valence-electron chi connectivity index (χ2n) is 6.62. The highest BCUT2D eigenvalue weighted by atomic mass is 16.6. The monoisotopic (exact) mass is 336 g/mol. The van der Waals surface area contributed by atoms with Gasteiger partial charge in [-0.05, 0) is 33.3 Å². The highest BCUT2D eigenvalue weighted by molar-refractivity contribution is 5.77. The number of phenolic OH excluding ortho intramolecular Hbond substituents is 1. The number of hydrogen-bond donors (Lipinski definition) is 2. The van der Waals surface area contributed by atoms with E-state index in [1.807, 2.05) is 13.0 Å². The van der Waals surface area contributed by atoms with Gasteiger partial charge < -0.3 is 20.1 Å². The minimum absolute atomic E-state index is 0.0730. The van der Waals surface area contributed by atoms with E-state index >= 15 is 0 Å². The molecule has 0 fully saturated rings. The molecule has 24 heavy (non-hydrogen) atoms. The molecule has 0 saturated heterocycles. The lowest BCUT2D eigenvalue weighted by Crippen LogP contribution is -2.37. The van der Waals surface area contributed by atoms with Gasteiger partial charge in [-0.1, -0.05) is 25.1 Å². The number of para-hydroxylation sites is 1. The van der Waals surface area contributed by atoms with Crippen molar-refractivity contribution < 1.29 is 19.4 Å². The van der Waals surface area contributed by atoms with Crippen LogP contribution in [0.1, 0.15) is 46.1 Å². The SMILES string of the molecule is CCCN(Cc1ccccc1O)C(=O)CCNC(=O)OC(C)(C)C. The molecule has 1 rings (SSSR count). The van der Waals surface area contributed by atoms with Crippen molar-refractivity contribution in [3.63, 3.8) is 0 Å². The van der Waals surface area contributed by atoms with Crippen molar-refractivity contribution >= 4 is 12.0 Å². The molecule has 0 saturated carbocycles. The third-order valence-electron chi connectivity index (χ3n) is 3.21. The lowest BCUT2D eigenvalue weighted by atomic mass is 10.1. The number of ether oxygens (including phenoxy) is 1. The minimum atomic E-state index is -0.562. The number of phenols is 1. The van der Waals surface area contributed by atoms with Crippen LogP contribution in [0.2, 0.25) is 0 Å². The maximum atomic E-state index is 12.4. The summed E-state index contributed by atoms with van der Waals surface area (Å²) in [5.41, 5.74) is 0.145. The second-order valence-corrected chi connectivity index (χ2v) is 6.62. The van der Waals surface area contributed by atoms with Crippen LogP contribution in [0.5, 0.6) is 5.75 Å². The molecule has 6 heteroatoms. The smallest absolute Gasteiger partial charge is 0.407 e. The Morgan fingerprint density at radius 2 is 1.92 bits per heavy atom. The molecule has 1 aromatic rings. The molecule has 0 aliphatic carbocycles. The summed E-state index contributed by atoms with van der Waals surface area (Å²) in [6.07, 6.45) is 0.476. The van der Waals surface area contributed by atoms with Crippen LogP contribution in [-0.2, 0) is 16.1 Å². The molecule has 134 valence electrons. The largest absolute Gasteiger partial charge is 0.508 e. The molecule has 1 aromatic carbocycles. The fourth-order valence-corrected chi connectivity index (χ4v) is 2.16. The van der Waals surface area contributed by atoms with E-state index in [0.29, 0.717) is 18.7 Å². The number of hydrogen-bond acceptors (Lipinski definition) is 4. The average molecular weight is 336 g/mol. The number of nitrogens with zero attached hydrogens (tertiary/aromatic N) is 1. The minimum Gasteiger partial charge on any atom is -0.508 e. The number of alkyl carbamates (subject to hydrolysis) is 1. The third kappa shape index (κ3) is 7.35. The van der Waals surface area contributed by atoms with E-state index in [1.54, 1.807) is 43.9 Å². The fourth-order valence-electron chi connectivity index (χ4n) is 2.16. The van der Waals surface area contributed by atoms with Crippen LogP contribution < -0.4 is 5.32 Å². The van der Waals surface area contributed by atoms with Crippen LogP contribution in [0.3, 0.4) is 0 Å². The molecule has 0 heterocycles. The Labute approximate surface area is 143 Å².